The summed E-state index contributed by atoms with van der Waals surface area (Å²) < 4.78 is 29.4. The van der Waals surface area contributed by atoms with E-state index in [1.165, 1.54) is 38.3 Å². The maximum absolute atomic E-state index is 12.4. The number of hydrogen-bond acceptors (Lipinski definition) is 6. The van der Waals surface area contributed by atoms with Crippen LogP contribution in [0.1, 0.15) is 17.3 Å². The number of benzene rings is 2. The van der Waals surface area contributed by atoms with E-state index in [0.29, 0.717) is 5.69 Å². The van der Waals surface area contributed by atoms with Crippen LogP contribution in [0.25, 0.3) is 0 Å². The third kappa shape index (κ3) is 5.65. The van der Waals surface area contributed by atoms with Gasteiger partial charge in [-0.15, -0.1) is 0 Å². The quantitative estimate of drug-likeness (QED) is 0.680. The number of nitrogens with one attached hydrogen (secondary N) is 2. The molecule has 0 saturated carbocycles. The summed E-state index contributed by atoms with van der Waals surface area (Å²) in [5.74, 6) is -2.97. The van der Waals surface area contributed by atoms with Crippen LogP contribution < -0.4 is 10.6 Å². The van der Waals surface area contributed by atoms with E-state index in [1.807, 2.05) is 0 Å². The largest absolute Gasteiger partial charge is 0.465 e. The molecule has 1 atom stereocenters. The molecule has 2 N–H and O–H groups in total. The first kappa shape index (κ1) is 21.1. The lowest BCUT2D eigenvalue weighted by Crippen LogP contribution is -2.37. The van der Waals surface area contributed by atoms with E-state index in [0.717, 1.165) is 0 Å². The van der Waals surface area contributed by atoms with E-state index in [-0.39, 0.29) is 11.3 Å². The molecule has 0 radical (unpaired) electrons. The number of methoxy groups -OCH3 is 1. The van der Waals surface area contributed by atoms with Gasteiger partial charge in [0, 0.05) is 11.4 Å². The number of sulfone groups is 1. The molecule has 0 fully saturated rings. The zero-order valence-electron chi connectivity index (χ0n) is 15.3. The van der Waals surface area contributed by atoms with Gasteiger partial charge in [0.25, 0.3) is 0 Å². The van der Waals surface area contributed by atoms with Gasteiger partial charge >= 0.3 is 5.97 Å². The molecule has 8 nitrogen and oxygen atoms in total. The predicted octanol–water partition coefficient (Wildman–Crippen LogP) is 1.85. The van der Waals surface area contributed by atoms with Gasteiger partial charge in [-0.2, -0.15) is 0 Å². The Morgan fingerprint density at radius 1 is 0.964 bits per heavy atom. The number of esters is 1. The Balaban J connectivity index is 2.03. The van der Waals surface area contributed by atoms with Crippen molar-refractivity contribution in [3.63, 3.8) is 0 Å². The molecule has 9 heteroatoms. The SMILES string of the molecule is COC(=O)c1cccc(NC(=O)C(C)S(=O)(=O)CC(=O)Nc2ccccc2)c1. The molecule has 0 bridgehead atoms. The van der Waals surface area contributed by atoms with E-state index in [9.17, 15) is 22.8 Å². The van der Waals surface area contributed by atoms with Gasteiger partial charge < -0.3 is 15.4 Å². The highest BCUT2D eigenvalue weighted by molar-refractivity contribution is 7.93. The van der Waals surface area contributed by atoms with Crippen LogP contribution >= 0.6 is 0 Å². The molecule has 0 aliphatic heterocycles. The van der Waals surface area contributed by atoms with Crippen LogP contribution in [-0.2, 0) is 24.2 Å². The first-order valence-corrected chi connectivity index (χ1v) is 10.00. The molecule has 0 spiro atoms. The van der Waals surface area contributed by atoms with Crippen LogP contribution in [0.2, 0.25) is 0 Å². The summed E-state index contributed by atoms with van der Waals surface area (Å²) in [6.45, 7) is 1.20. The van der Waals surface area contributed by atoms with Crippen LogP contribution in [0.15, 0.2) is 54.6 Å². The number of amides is 2. The summed E-state index contributed by atoms with van der Waals surface area (Å²) >= 11 is 0. The monoisotopic (exact) mass is 404 g/mol. The van der Waals surface area contributed by atoms with Gasteiger partial charge in [0.15, 0.2) is 9.84 Å². The summed E-state index contributed by atoms with van der Waals surface area (Å²) in [6, 6.07) is 14.3. The number of carbonyl (C=O) groups is 3. The molecule has 2 amide bonds. The highest BCUT2D eigenvalue weighted by Crippen LogP contribution is 2.14. The lowest BCUT2D eigenvalue weighted by molar-refractivity contribution is -0.115. The first-order chi connectivity index (χ1) is 13.2. The molecule has 0 saturated heterocycles. The molecular formula is C19H20N2O6S. The standard InChI is InChI=1S/C19H20N2O6S/c1-13(18(23)21-16-10-6-7-14(11-16)19(24)27-2)28(25,26)12-17(22)20-15-8-4-3-5-9-15/h3-11,13H,12H2,1-2H3,(H,20,22)(H,21,23). The molecule has 2 aromatic carbocycles. The highest BCUT2D eigenvalue weighted by Gasteiger charge is 2.30. The van der Waals surface area contributed by atoms with E-state index in [2.05, 4.69) is 15.4 Å². The van der Waals surface area contributed by atoms with Gasteiger partial charge in [-0.3, -0.25) is 9.59 Å². The van der Waals surface area contributed by atoms with Crippen molar-refractivity contribution in [2.75, 3.05) is 23.5 Å². The maximum Gasteiger partial charge on any atom is 0.337 e. The zero-order valence-corrected chi connectivity index (χ0v) is 16.2. The molecule has 0 heterocycles. The first-order valence-electron chi connectivity index (χ1n) is 8.28. The fourth-order valence-electron chi connectivity index (χ4n) is 2.28. The van der Waals surface area contributed by atoms with Gasteiger partial charge in [0.05, 0.1) is 12.7 Å². The average molecular weight is 404 g/mol. The van der Waals surface area contributed by atoms with E-state index in [1.54, 1.807) is 30.3 Å². The maximum atomic E-state index is 12.4. The number of rotatable bonds is 7. The normalized spacial score (nSPS) is 11.9. The zero-order chi connectivity index (χ0) is 20.7. The van der Waals surface area contributed by atoms with Crippen LogP contribution in [-0.4, -0.2) is 44.3 Å². The third-order valence-corrected chi connectivity index (χ3v) is 5.80. The highest BCUT2D eigenvalue weighted by atomic mass is 32.2. The van der Waals surface area contributed by atoms with Crippen molar-refractivity contribution < 1.29 is 27.5 Å². The van der Waals surface area contributed by atoms with Crippen molar-refractivity contribution in [3.05, 3.63) is 60.2 Å². The lowest BCUT2D eigenvalue weighted by atomic mass is 10.2. The number of para-hydroxylation sites is 1. The molecule has 0 aromatic heterocycles. The van der Waals surface area contributed by atoms with E-state index < -0.39 is 38.6 Å². The van der Waals surface area contributed by atoms with Crippen molar-refractivity contribution >= 4 is 39.0 Å². The van der Waals surface area contributed by atoms with Crippen molar-refractivity contribution in [2.24, 2.45) is 0 Å². The number of anilines is 2. The number of hydrogen-bond donors (Lipinski definition) is 2. The van der Waals surface area contributed by atoms with Crippen molar-refractivity contribution in [3.8, 4) is 0 Å². The number of ether oxygens (including phenoxy) is 1. The molecule has 0 aliphatic rings. The molecular weight excluding hydrogens is 384 g/mol. The Morgan fingerprint density at radius 3 is 2.25 bits per heavy atom. The minimum atomic E-state index is -4.05. The summed E-state index contributed by atoms with van der Waals surface area (Å²) in [5.41, 5.74) is 0.904. The van der Waals surface area contributed by atoms with Gasteiger partial charge in [-0.05, 0) is 37.3 Å². The van der Waals surface area contributed by atoms with Crippen LogP contribution in [0.3, 0.4) is 0 Å². The molecule has 28 heavy (non-hydrogen) atoms. The smallest absolute Gasteiger partial charge is 0.337 e. The minimum Gasteiger partial charge on any atom is -0.465 e. The second-order valence-electron chi connectivity index (χ2n) is 5.93. The number of carbonyl (C=O) groups excluding carboxylic acids is 3. The fraction of sp³-hybridized carbons (Fsp3) is 0.211. The fourth-order valence-corrected chi connectivity index (χ4v) is 3.35. The van der Waals surface area contributed by atoms with Gasteiger partial charge in [-0.1, -0.05) is 24.3 Å². The van der Waals surface area contributed by atoms with Crippen LogP contribution in [0, 0.1) is 0 Å². The Bertz CT molecular complexity index is 973. The van der Waals surface area contributed by atoms with Crippen LogP contribution in [0.5, 0.6) is 0 Å². The Hall–Kier alpha value is -3.20. The Kier molecular flexibility index (Phi) is 6.89. The molecule has 2 rings (SSSR count). The predicted molar refractivity (Wildman–Crippen MR) is 105 cm³/mol. The topological polar surface area (TPSA) is 119 Å². The summed E-state index contributed by atoms with van der Waals surface area (Å²) in [5, 5.41) is 3.44. The second kappa shape index (κ2) is 9.14. The van der Waals surface area contributed by atoms with Crippen molar-refractivity contribution in [1.82, 2.24) is 0 Å². The minimum absolute atomic E-state index is 0.207. The lowest BCUT2D eigenvalue weighted by Gasteiger charge is -2.14. The molecule has 1 unspecified atom stereocenters. The third-order valence-electron chi connectivity index (χ3n) is 3.85. The Labute approximate surface area is 162 Å². The van der Waals surface area contributed by atoms with Crippen LogP contribution in [0.4, 0.5) is 11.4 Å². The van der Waals surface area contributed by atoms with Crippen molar-refractivity contribution in [2.45, 2.75) is 12.2 Å². The molecule has 2 aromatic rings. The van der Waals surface area contributed by atoms with E-state index in [4.69, 9.17) is 0 Å². The summed E-state index contributed by atoms with van der Waals surface area (Å²) in [4.78, 5) is 35.8. The Morgan fingerprint density at radius 2 is 1.61 bits per heavy atom. The summed E-state index contributed by atoms with van der Waals surface area (Å²) in [7, 11) is -2.82. The van der Waals surface area contributed by atoms with E-state index >= 15 is 0 Å². The van der Waals surface area contributed by atoms with Crippen molar-refractivity contribution in [1.29, 1.82) is 0 Å². The summed E-state index contributed by atoms with van der Waals surface area (Å²) in [6.07, 6.45) is 0. The average Bonchev–Trinajstić information content (AvgIpc) is 2.67. The molecule has 148 valence electrons. The van der Waals surface area contributed by atoms with Gasteiger partial charge in [0.2, 0.25) is 11.8 Å². The van der Waals surface area contributed by atoms with Gasteiger partial charge in [0.1, 0.15) is 11.0 Å². The second-order valence-corrected chi connectivity index (χ2v) is 8.25. The van der Waals surface area contributed by atoms with Gasteiger partial charge in [-0.25, -0.2) is 13.2 Å². The molecule has 0 aliphatic carbocycles.